The zero-order valence-electron chi connectivity index (χ0n) is 9.21. The van der Waals surface area contributed by atoms with Gasteiger partial charge in [-0.05, 0) is 12.8 Å². The quantitative estimate of drug-likeness (QED) is 0.336. The first-order valence-corrected chi connectivity index (χ1v) is 6.40. The molecule has 1 rings (SSSR count). The molecule has 0 saturated heterocycles. The van der Waals surface area contributed by atoms with E-state index in [4.69, 9.17) is 9.68 Å². The zero-order valence-corrected chi connectivity index (χ0v) is 10.1. The van der Waals surface area contributed by atoms with Crippen molar-refractivity contribution < 1.29 is 9.68 Å². The molecular weight excluding hydrogens is 212 g/mol. The van der Waals surface area contributed by atoms with Crippen LogP contribution in [0.5, 0.6) is 0 Å². The fourth-order valence-corrected chi connectivity index (χ4v) is 1.73. The third-order valence-electron chi connectivity index (χ3n) is 2.42. The minimum atomic E-state index is 0.407. The van der Waals surface area contributed by atoms with Crippen molar-refractivity contribution >= 4 is 12.6 Å². The first-order valence-electron chi connectivity index (χ1n) is 5.77. The van der Waals surface area contributed by atoms with Crippen molar-refractivity contribution in [3.8, 4) is 0 Å². The van der Waals surface area contributed by atoms with E-state index in [1.54, 1.807) is 0 Å². The van der Waals surface area contributed by atoms with Gasteiger partial charge in [0.2, 0.25) is 0 Å². The molecule has 0 aromatic carbocycles. The Kier molecular flexibility index (Phi) is 8.32. The minimum Gasteiger partial charge on any atom is -0.300 e. The number of hydroxylamine groups is 2. The second kappa shape index (κ2) is 9.42. The molecule has 4 nitrogen and oxygen atoms in total. The number of nitrogens with one attached hydrogen (secondary N) is 2. The highest BCUT2D eigenvalue weighted by Crippen LogP contribution is 2.19. The molecule has 0 radical (unpaired) electrons. The standard InChI is InChI=1S/C10H22N2O2S/c15-9-7-11-13-8-6-12-14-10-4-2-1-3-5-10/h10-12,15H,1-9H2. The van der Waals surface area contributed by atoms with Crippen LogP contribution in [0.2, 0.25) is 0 Å². The molecule has 0 aromatic rings. The van der Waals surface area contributed by atoms with Crippen LogP contribution in [0.15, 0.2) is 0 Å². The first kappa shape index (κ1) is 13.3. The highest BCUT2D eigenvalue weighted by molar-refractivity contribution is 7.80. The van der Waals surface area contributed by atoms with Gasteiger partial charge in [0.25, 0.3) is 0 Å². The van der Waals surface area contributed by atoms with Crippen LogP contribution in [-0.4, -0.2) is 31.6 Å². The SMILES string of the molecule is SCCNOCCNOC1CCCCC1. The molecule has 5 heteroatoms. The maximum Gasteiger partial charge on any atom is 0.0829 e. The third kappa shape index (κ3) is 7.14. The molecule has 15 heavy (non-hydrogen) atoms. The molecule has 0 unspecified atom stereocenters. The van der Waals surface area contributed by atoms with E-state index in [0.717, 1.165) is 18.8 Å². The monoisotopic (exact) mass is 234 g/mol. The van der Waals surface area contributed by atoms with Crippen molar-refractivity contribution in [3.63, 3.8) is 0 Å². The Morgan fingerprint density at radius 1 is 1.07 bits per heavy atom. The highest BCUT2D eigenvalue weighted by Gasteiger charge is 2.13. The van der Waals surface area contributed by atoms with Crippen LogP contribution in [0.1, 0.15) is 32.1 Å². The smallest absolute Gasteiger partial charge is 0.0829 e. The van der Waals surface area contributed by atoms with Gasteiger partial charge in [-0.2, -0.15) is 18.1 Å². The minimum absolute atomic E-state index is 0.407. The highest BCUT2D eigenvalue weighted by atomic mass is 32.1. The Labute approximate surface area is 97.4 Å². The molecular formula is C10H22N2O2S. The Balaban J connectivity index is 1.79. The van der Waals surface area contributed by atoms with Crippen LogP contribution in [0.4, 0.5) is 0 Å². The van der Waals surface area contributed by atoms with Crippen molar-refractivity contribution in [3.05, 3.63) is 0 Å². The van der Waals surface area contributed by atoms with E-state index >= 15 is 0 Å². The molecule has 0 amide bonds. The predicted octanol–water partition coefficient (Wildman–Crippen LogP) is 1.29. The van der Waals surface area contributed by atoms with Gasteiger partial charge in [-0.1, -0.05) is 19.3 Å². The molecule has 1 fully saturated rings. The fraction of sp³-hybridized carbons (Fsp3) is 1.00. The lowest BCUT2D eigenvalue weighted by molar-refractivity contribution is -0.0573. The lowest BCUT2D eigenvalue weighted by Crippen LogP contribution is -2.30. The fourth-order valence-electron chi connectivity index (χ4n) is 1.64. The van der Waals surface area contributed by atoms with Crippen LogP contribution in [-0.2, 0) is 9.68 Å². The first-order chi connectivity index (χ1) is 7.43. The van der Waals surface area contributed by atoms with E-state index in [9.17, 15) is 0 Å². The van der Waals surface area contributed by atoms with Crippen molar-refractivity contribution in [2.24, 2.45) is 0 Å². The molecule has 1 aliphatic carbocycles. The molecule has 2 N–H and O–H groups in total. The van der Waals surface area contributed by atoms with E-state index in [2.05, 4.69) is 23.6 Å². The summed E-state index contributed by atoms with van der Waals surface area (Å²) >= 11 is 4.05. The average molecular weight is 234 g/mol. The van der Waals surface area contributed by atoms with Crippen LogP contribution >= 0.6 is 12.6 Å². The molecule has 90 valence electrons. The summed E-state index contributed by atoms with van der Waals surface area (Å²) in [5.74, 6) is 0.784. The summed E-state index contributed by atoms with van der Waals surface area (Å²) < 4.78 is 0. The molecule has 0 aromatic heterocycles. The molecule has 0 aliphatic heterocycles. The summed E-state index contributed by atoms with van der Waals surface area (Å²) in [4.78, 5) is 10.6. The van der Waals surface area contributed by atoms with Crippen molar-refractivity contribution in [1.82, 2.24) is 11.0 Å². The maximum absolute atomic E-state index is 5.52. The van der Waals surface area contributed by atoms with Gasteiger partial charge in [0.1, 0.15) is 0 Å². The van der Waals surface area contributed by atoms with E-state index in [1.165, 1.54) is 32.1 Å². The summed E-state index contributed by atoms with van der Waals surface area (Å²) in [6.07, 6.45) is 6.73. The summed E-state index contributed by atoms with van der Waals surface area (Å²) in [5, 5.41) is 0. The number of rotatable bonds is 8. The molecule has 1 saturated carbocycles. The normalized spacial score (nSPS) is 18.2. The molecule has 0 atom stereocenters. The Bertz CT molecular complexity index is 143. The molecule has 1 aliphatic rings. The summed E-state index contributed by atoms with van der Waals surface area (Å²) in [6, 6.07) is 0. The molecule has 0 spiro atoms. The predicted molar refractivity (Wildman–Crippen MR) is 63.8 cm³/mol. The number of hydrogen-bond donors (Lipinski definition) is 3. The van der Waals surface area contributed by atoms with Crippen LogP contribution < -0.4 is 11.0 Å². The van der Waals surface area contributed by atoms with Gasteiger partial charge < -0.3 is 4.84 Å². The van der Waals surface area contributed by atoms with Gasteiger partial charge in [-0.25, -0.2) is 5.48 Å². The third-order valence-corrected chi connectivity index (χ3v) is 2.65. The maximum atomic E-state index is 5.52. The van der Waals surface area contributed by atoms with Gasteiger partial charge in [0.05, 0.1) is 12.7 Å². The van der Waals surface area contributed by atoms with Crippen molar-refractivity contribution in [2.75, 3.05) is 25.4 Å². The van der Waals surface area contributed by atoms with Crippen molar-refractivity contribution in [1.29, 1.82) is 0 Å². The lowest BCUT2D eigenvalue weighted by Gasteiger charge is -2.21. The van der Waals surface area contributed by atoms with E-state index < -0.39 is 0 Å². The molecule has 0 bridgehead atoms. The largest absolute Gasteiger partial charge is 0.300 e. The zero-order chi connectivity index (χ0) is 10.8. The molecule has 0 heterocycles. The van der Waals surface area contributed by atoms with Gasteiger partial charge in [0, 0.05) is 18.8 Å². The topological polar surface area (TPSA) is 42.5 Å². The van der Waals surface area contributed by atoms with Crippen LogP contribution in [0.25, 0.3) is 0 Å². The number of thiol groups is 1. The van der Waals surface area contributed by atoms with Gasteiger partial charge >= 0.3 is 0 Å². The van der Waals surface area contributed by atoms with E-state index in [-0.39, 0.29) is 0 Å². The van der Waals surface area contributed by atoms with Gasteiger partial charge in [-0.15, -0.1) is 0 Å². The number of hydrogen-bond acceptors (Lipinski definition) is 5. The van der Waals surface area contributed by atoms with Crippen molar-refractivity contribution in [2.45, 2.75) is 38.2 Å². The average Bonchev–Trinajstić information content (AvgIpc) is 2.29. The summed E-state index contributed by atoms with van der Waals surface area (Å²) in [5.41, 5.74) is 5.75. The second-order valence-electron chi connectivity index (χ2n) is 3.74. The second-order valence-corrected chi connectivity index (χ2v) is 4.19. The summed E-state index contributed by atoms with van der Waals surface area (Å²) in [6.45, 7) is 2.10. The van der Waals surface area contributed by atoms with Crippen LogP contribution in [0.3, 0.4) is 0 Å². The van der Waals surface area contributed by atoms with Gasteiger partial charge in [-0.3, -0.25) is 4.84 Å². The van der Waals surface area contributed by atoms with E-state index in [0.29, 0.717) is 12.7 Å². The van der Waals surface area contributed by atoms with E-state index in [1.807, 2.05) is 0 Å². The Morgan fingerprint density at radius 3 is 2.60 bits per heavy atom. The Morgan fingerprint density at radius 2 is 1.87 bits per heavy atom. The van der Waals surface area contributed by atoms with Crippen LogP contribution in [0, 0.1) is 0 Å². The Hall–Kier alpha value is 0.190. The van der Waals surface area contributed by atoms with Gasteiger partial charge in [0.15, 0.2) is 0 Å². The lowest BCUT2D eigenvalue weighted by atomic mass is 9.98. The summed E-state index contributed by atoms with van der Waals surface area (Å²) in [7, 11) is 0.